The number of rotatable bonds is 4. The third-order valence-corrected chi connectivity index (χ3v) is 5.46. The molecule has 2 heterocycles. The minimum atomic E-state index is 0.0816. The van der Waals surface area contributed by atoms with Crippen molar-refractivity contribution in [1.82, 2.24) is 24.8 Å². The van der Waals surface area contributed by atoms with E-state index in [1.54, 1.807) is 0 Å². The number of nitrogens with zero attached hydrogens (tertiary/aromatic N) is 5. The van der Waals surface area contributed by atoms with E-state index in [-0.39, 0.29) is 5.91 Å². The molecule has 0 unspecified atom stereocenters. The van der Waals surface area contributed by atoms with Crippen LogP contribution in [0.1, 0.15) is 16.1 Å². The quantitative estimate of drug-likeness (QED) is 0.644. The highest BCUT2D eigenvalue weighted by molar-refractivity contribution is 9.10. The monoisotopic (exact) mass is 425 g/mol. The Labute approximate surface area is 166 Å². The lowest BCUT2D eigenvalue weighted by Crippen LogP contribution is -2.48. The number of aromatic nitrogens is 3. The van der Waals surface area contributed by atoms with Crippen LogP contribution < -0.4 is 0 Å². The summed E-state index contributed by atoms with van der Waals surface area (Å²) in [7, 11) is 0. The smallest absolute Gasteiger partial charge is 0.255 e. The molecule has 0 aliphatic carbocycles. The topological polar surface area (TPSA) is 54.3 Å². The van der Waals surface area contributed by atoms with Crippen molar-refractivity contribution in [3.63, 3.8) is 0 Å². The lowest BCUT2D eigenvalue weighted by atomic mass is 10.2. The molecule has 0 bridgehead atoms. The zero-order chi connectivity index (χ0) is 18.6. The summed E-state index contributed by atoms with van der Waals surface area (Å²) in [6.45, 7) is 3.85. The van der Waals surface area contributed by atoms with Crippen LogP contribution in [-0.2, 0) is 6.54 Å². The number of piperazine rings is 1. The summed E-state index contributed by atoms with van der Waals surface area (Å²) in [6, 6.07) is 17.6. The van der Waals surface area contributed by atoms with Gasteiger partial charge in [0.2, 0.25) is 0 Å². The van der Waals surface area contributed by atoms with Crippen LogP contribution in [0.15, 0.2) is 65.3 Å². The molecule has 27 heavy (non-hydrogen) atoms. The maximum atomic E-state index is 12.7. The molecule has 0 atom stereocenters. The third-order valence-electron chi connectivity index (χ3n) is 4.77. The Balaban J connectivity index is 1.39. The van der Waals surface area contributed by atoms with Crippen LogP contribution in [0, 0.1) is 0 Å². The molecule has 7 heteroatoms. The van der Waals surface area contributed by atoms with E-state index in [4.69, 9.17) is 0 Å². The fourth-order valence-electron chi connectivity index (χ4n) is 3.29. The first-order valence-electron chi connectivity index (χ1n) is 8.93. The molecular weight excluding hydrogens is 406 g/mol. The zero-order valence-corrected chi connectivity index (χ0v) is 16.4. The summed E-state index contributed by atoms with van der Waals surface area (Å²) in [4.78, 5) is 17.0. The Kier molecular flexibility index (Phi) is 5.31. The van der Waals surface area contributed by atoms with Crippen molar-refractivity contribution in [2.75, 3.05) is 26.2 Å². The van der Waals surface area contributed by atoms with Gasteiger partial charge in [0, 0.05) is 37.2 Å². The van der Waals surface area contributed by atoms with Crippen molar-refractivity contribution < 1.29 is 4.79 Å². The third kappa shape index (κ3) is 3.94. The first-order valence-corrected chi connectivity index (χ1v) is 9.73. The summed E-state index contributed by atoms with van der Waals surface area (Å²) in [5.74, 6) is 0.0816. The molecule has 1 aliphatic rings. The van der Waals surface area contributed by atoms with Crippen LogP contribution in [0.3, 0.4) is 0 Å². The second-order valence-corrected chi connectivity index (χ2v) is 7.38. The summed E-state index contributed by atoms with van der Waals surface area (Å²) < 4.78 is 2.72. The van der Waals surface area contributed by atoms with Crippen molar-refractivity contribution in [2.24, 2.45) is 0 Å². The predicted octanol–water partition coefficient (Wildman–Crippen LogP) is 2.99. The second-order valence-electron chi connectivity index (χ2n) is 6.52. The van der Waals surface area contributed by atoms with E-state index in [0.29, 0.717) is 13.1 Å². The first kappa shape index (κ1) is 17.9. The van der Waals surface area contributed by atoms with Crippen LogP contribution in [0.5, 0.6) is 0 Å². The molecule has 0 saturated carbocycles. The highest BCUT2D eigenvalue weighted by Crippen LogP contribution is 2.19. The van der Waals surface area contributed by atoms with Crippen molar-refractivity contribution in [1.29, 1.82) is 0 Å². The Hall–Kier alpha value is -2.51. The number of halogens is 1. The number of amides is 1. The van der Waals surface area contributed by atoms with Gasteiger partial charge in [0.1, 0.15) is 0 Å². The van der Waals surface area contributed by atoms with Crippen molar-refractivity contribution in [2.45, 2.75) is 6.54 Å². The Morgan fingerprint density at radius 1 is 0.963 bits per heavy atom. The average molecular weight is 426 g/mol. The van der Waals surface area contributed by atoms with Gasteiger partial charge < -0.3 is 4.90 Å². The summed E-state index contributed by atoms with van der Waals surface area (Å²) in [5, 5.41) is 8.29. The van der Waals surface area contributed by atoms with Crippen LogP contribution in [0.4, 0.5) is 0 Å². The molecule has 3 aromatic rings. The van der Waals surface area contributed by atoms with Crippen LogP contribution in [0.25, 0.3) is 5.69 Å². The normalized spacial score (nSPS) is 15.1. The molecule has 1 aromatic heterocycles. The van der Waals surface area contributed by atoms with Crippen molar-refractivity contribution >= 4 is 21.8 Å². The Bertz CT molecular complexity index is 919. The molecular formula is C20H20BrN5O. The van der Waals surface area contributed by atoms with Crippen molar-refractivity contribution in [3.8, 4) is 5.69 Å². The fourth-order valence-corrected chi connectivity index (χ4v) is 3.75. The summed E-state index contributed by atoms with van der Waals surface area (Å²) >= 11 is 3.47. The van der Waals surface area contributed by atoms with E-state index < -0.39 is 0 Å². The number of carbonyl (C=O) groups excluding carboxylic acids is 1. The maximum Gasteiger partial charge on any atom is 0.255 e. The largest absolute Gasteiger partial charge is 0.336 e. The lowest BCUT2D eigenvalue weighted by molar-refractivity contribution is 0.0625. The SMILES string of the molecule is O=C(c1ccccc1Br)N1CCN(Cc2cnnn2-c2ccccc2)CC1. The predicted molar refractivity (Wildman–Crippen MR) is 107 cm³/mol. The first-order chi connectivity index (χ1) is 13.2. The maximum absolute atomic E-state index is 12.7. The van der Waals surface area contributed by atoms with E-state index in [2.05, 4.69) is 31.1 Å². The average Bonchev–Trinajstić information content (AvgIpc) is 3.17. The minimum Gasteiger partial charge on any atom is -0.336 e. The van der Waals surface area contributed by atoms with Gasteiger partial charge in [-0.15, -0.1) is 5.10 Å². The second kappa shape index (κ2) is 8.02. The Morgan fingerprint density at radius 3 is 2.41 bits per heavy atom. The number of hydrogen-bond acceptors (Lipinski definition) is 4. The van der Waals surface area contributed by atoms with E-state index >= 15 is 0 Å². The van der Waals surface area contributed by atoms with Gasteiger partial charge in [-0.1, -0.05) is 35.5 Å². The molecule has 1 saturated heterocycles. The lowest BCUT2D eigenvalue weighted by Gasteiger charge is -2.34. The van der Waals surface area contributed by atoms with Crippen molar-refractivity contribution in [3.05, 3.63) is 76.5 Å². The van der Waals surface area contributed by atoms with Crippen LogP contribution >= 0.6 is 15.9 Å². The van der Waals surface area contributed by atoms with Gasteiger partial charge in [-0.05, 0) is 40.2 Å². The number of benzene rings is 2. The molecule has 1 fully saturated rings. The van der Waals surface area contributed by atoms with Gasteiger partial charge in [0.25, 0.3) is 5.91 Å². The van der Waals surface area contributed by atoms with E-state index in [0.717, 1.165) is 41.1 Å². The molecule has 4 rings (SSSR count). The fraction of sp³-hybridized carbons (Fsp3) is 0.250. The minimum absolute atomic E-state index is 0.0816. The highest BCUT2D eigenvalue weighted by atomic mass is 79.9. The zero-order valence-electron chi connectivity index (χ0n) is 14.8. The van der Waals surface area contributed by atoms with Crippen LogP contribution in [-0.4, -0.2) is 56.9 Å². The van der Waals surface area contributed by atoms with E-state index in [1.807, 2.05) is 70.4 Å². The highest BCUT2D eigenvalue weighted by Gasteiger charge is 2.24. The number of hydrogen-bond donors (Lipinski definition) is 0. The van der Waals surface area contributed by atoms with Crippen LogP contribution in [0.2, 0.25) is 0 Å². The van der Waals surface area contributed by atoms with E-state index in [9.17, 15) is 4.79 Å². The van der Waals surface area contributed by atoms with Gasteiger partial charge in [0.05, 0.1) is 23.1 Å². The molecule has 0 radical (unpaired) electrons. The molecule has 0 spiro atoms. The standard InChI is InChI=1S/C20H20BrN5O/c21-19-9-5-4-8-18(19)20(27)25-12-10-24(11-13-25)15-17-14-22-23-26(17)16-6-2-1-3-7-16/h1-9,14H,10-13,15H2. The van der Waals surface area contributed by atoms with E-state index in [1.165, 1.54) is 0 Å². The summed E-state index contributed by atoms with van der Waals surface area (Å²) in [6.07, 6.45) is 1.81. The van der Waals surface area contributed by atoms with Gasteiger partial charge in [-0.25, -0.2) is 4.68 Å². The Morgan fingerprint density at radius 2 is 1.67 bits per heavy atom. The van der Waals surface area contributed by atoms with Gasteiger partial charge >= 0.3 is 0 Å². The molecule has 1 amide bonds. The molecule has 138 valence electrons. The number of carbonyl (C=O) groups is 1. The molecule has 1 aliphatic heterocycles. The van der Waals surface area contributed by atoms with Gasteiger partial charge in [-0.2, -0.15) is 0 Å². The van der Waals surface area contributed by atoms with Gasteiger partial charge in [-0.3, -0.25) is 9.69 Å². The summed E-state index contributed by atoms with van der Waals surface area (Å²) in [5.41, 5.74) is 2.77. The molecule has 2 aromatic carbocycles. The molecule has 6 nitrogen and oxygen atoms in total. The molecule has 0 N–H and O–H groups in total. The van der Waals surface area contributed by atoms with Gasteiger partial charge in [0.15, 0.2) is 0 Å². The number of para-hydroxylation sites is 1.